The number of H-pyrrole nitrogens is 2. The number of amides is 1. The highest BCUT2D eigenvalue weighted by Crippen LogP contribution is 2.31. The monoisotopic (exact) mass is 481 g/mol. The van der Waals surface area contributed by atoms with Gasteiger partial charge in [0.15, 0.2) is 0 Å². The maximum absolute atomic E-state index is 13.6. The lowest BCUT2D eigenvalue weighted by molar-refractivity contribution is 0.102. The fraction of sp³-hybridized carbons (Fsp3) is 0.231. The van der Waals surface area contributed by atoms with Gasteiger partial charge in [-0.2, -0.15) is 5.10 Å². The van der Waals surface area contributed by atoms with E-state index in [1.807, 2.05) is 49.4 Å². The van der Waals surface area contributed by atoms with Crippen molar-refractivity contribution in [2.75, 3.05) is 28.6 Å². The summed E-state index contributed by atoms with van der Waals surface area (Å²) in [7, 11) is 0. The first-order chi connectivity index (χ1) is 17.5. The van der Waals surface area contributed by atoms with Gasteiger partial charge in [-0.15, -0.1) is 0 Å². The topological polar surface area (TPSA) is 141 Å². The first-order valence-electron chi connectivity index (χ1n) is 12.0. The third kappa shape index (κ3) is 4.22. The molecule has 0 bridgehead atoms. The molecule has 1 saturated heterocycles. The number of aryl methyl sites for hydroxylation is 1. The molecule has 5 aromatic rings. The Morgan fingerprint density at radius 2 is 2.00 bits per heavy atom. The highest BCUT2D eigenvalue weighted by molar-refractivity contribution is 6.11. The number of hydrogen-bond donors (Lipinski definition) is 5. The first kappa shape index (κ1) is 22.1. The summed E-state index contributed by atoms with van der Waals surface area (Å²) in [6, 6.07) is 13.6. The van der Waals surface area contributed by atoms with Crippen LogP contribution in [0.4, 0.5) is 23.1 Å². The van der Waals surface area contributed by atoms with Crippen molar-refractivity contribution in [1.29, 1.82) is 0 Å². The molecule has 3 aromatic heterocycles. The standard InChI is InChI=1S/C26H27N9O/c1-15-3-2-8-28-24(15)33-26-31-21-12-19(23(13-22(21)32-26)35-9-6-17(27)7-10-35)25(36)30-18-5-4-16-14-29-34-20(16)11-18/h2-5,8,11-14,17H,6-7,9-10,27H2,1H3,(H,29,34)(H,30,36)(H2,28,31,32,33). The third-order valence-electron chi connectivity index (χ3n) is 6.67. The minimum Gasteiger partial charge on any atom is -0.371 e. The number of fused-ring (bicyclic) bond motifs is 2. The van der Waals surface area contributed by atoms with E-state index in [2.05, 4.69) is 35.7 Å². The molecule has 0 saturated carbocycles. The van der Waals surface area contributed by atoms with Crippen LogP contribution in [0.5, 0.6) is 0 Å². The van der Waals surface area contributed by atoms with Crippen molar-refractivity contribution in [2.24, 2.45) is 5.73 Å². The van der Waals surface area contributed by atoms with Crippen LogP contribution in [0.25, 0.3) is 21.9 Å². The van der Waals surface area contributed by atoms with Crippen molar-refractivity contribution < 1.29 is 4.79 Å². The van der Waals surface area contributed by atoms with Gasteiger partial charge in [0.25, 0.3) is 5.91 Å². The Morgan fingerprint density at radius 1 is 1.14 bits per heavy atom. The molecule has 1 fully saturated rings. The Morgan fingerprint density at radius 3 is 2.83 bits per heavy atom. The third-order valence-corrected chi connectivity index (χ3v) is 6.67. The molecule has 1 aliphatic rings. The molecule has 0 atom stereocenters. The lowest BCUT2D eigenvalue weighted by Gasteiger charge is -2.33. The van der Waals surface area contributed by atoms with Crippen LogP contribution in [-0.4, -0.2) is 50.2 Å². The molecule has 2 aromatic carbocycles. The number of piperidine rings is 1. The molecule has 6 rings (SSSR count). The molecular weight excluding hydrogens is 454 g/mol. The van der Waals surface area contributed by atoms with Crippen molar-refractivity contribution in [1.82, 2.24) is 25.1 Å². The summed E-state index contributed by atoms with van der Waals surface area (Å²) >= 11 is 0. The van der Waals surface area contributed by atoms with Crippen LogP contribution in [0, 0.1) is 6.92 Å². The van der Waals surface area contributed by atoms with Gasteiger partial charge in [0.2, 0.25) is 5.95 Å². The van der Waals surface area contributed by atoms with Gasteiger partial charge in [-0.1, -0.05) is 6.07 Å². The number of anilines is 4. The number of hydrogen-bond acceptors (Lipinski definition) is 7. The van der Waals surface area contributed by atoms with Crippen LogP contribution < -0.4 is 21.3 Å². The number of aromatic nitrogens is 5. The lowest BCUT2D eigenvalue weighted by atomic mass is 10.0. The largest absolute Gasteiger partial charge is 0.371 e. The molecule has 10 nitrogen and oxygen atoms in total. The van der Waals surface area contributed by atoms with E-state index in [0.29, 0.717) is 17.2 Å². The second-order valence-electron chi connectivity index (χ2n) is 9.22. The number of nitrogens with two attached hydrogens (primary N) is 1. The molecule has 4 heterocycles. The summed E-state index contributed by atoms with van der Waals surface area (Å²) in [5.41, 5.74) is 11.7. The molecule has 36 heavy (non-hydrogen) atoms. The van der Waals surface area contributed by atoms with Gasteiger partial charge in [-0.05, 0) is 61.7 Å². The molecule has 0 aliphatic carbocycles. The zero-order valence-electron chi connectivity index (χ0n) is 19.9. The Labute approximate surface area is 207 Å². The minimum absolute atomic E-state index is 0.186. The van der Waals surface area contributed by atoms with Gasteiger partial charge in [-0.25, -0.2) is 9.97 Å². The SMILES string of the molecule is Cc1cccnc1Nc1nc2cc(N3CCC(N)CC3)c(C(=O)Nc3ccc4cn[nH]c4c3)cc2[nH]1. The summed E-state index contributed by atoms with van der Waals surface area (Å²) in [5.74, 6) is 1.11. The summed E-state index contributed by atoms with van der Waals surface area (Å²) in [4.78, 5) is 28.2. The van der Waals surface area contributed by atoms with Crippen LogP contribution in [0.3, 0.4) is 0 Å². The van der Waals surface area contributed by atoms with E-state index in [0.717, 1.165) is 64.9 Å². The normalized spacial score (nSPS) is 14.4. The average molecular weight is 482 g/mol. The van der Waals surface area contributed by atoms with Crippen molar-refractivity contribution in [3.63, 3.8) is 0 Å². The van der Waals surface area contributed by atoms with Gasteiger partial charge in [0.05, 0.1) is 34.0 Å². The first-order valence-corrected chi connectivity index (χ1v) is 12.0. The Hall–Kier alpha value is -4.44. The average Bonchev–Trinajstić information content (AvgIpc) is 3.51. The van der Waals surface area contributed by atoms with Gasteiger partial charge in [-0.3, -0.25) is 9.89 Å². The summed E-state index contributed by atoms with van der Waals surface area (Å²) < 4.78 is 0. The van der Waals surface area contributed by atoms with E-state index in [9.17, 15) is 4.79 Å². The van der Waals surface area contributed by atoms with E-state index < -0.39 is 0 Å². The van der Waals surface area contributed by atoms with Crippen LogP contribution in [0.1, 0.15) is 28.8 Å². The Kier molecular flexibility index (Phi) is 5.49. The quantitative estimate of drug-likeness (QED) is 0.255. The van der Waals surface area contributed by atoms with Crippen molar-refractivity contribution in [3.05, 3.63) is 66.0 Å². The number of rotatable bonds is 5. The molecule has 0 unspecified atom stereocenters. The summed E-state index contributed by atoms with van der Waals surface area (Å²) in [5, 5.41) is 14.3. The maximum atomic E-state index is 13.6. The minimum atomic E-state index is -0.190. The molecule has 1 aliphatic heterocycles. The van der Waals surface area contributed by atoms with E-state index >= 15 is 0 Å². The van der Waals surface area contributed by atoms with E-state index in [1.54, 1.807) is 12.4 Å². The molecular formula is C26H27N9O. The molecule has 6 N–H and O–H groups in total. The number of carbonyl (C=O) groups excluding carboxylic acids is 1. The molecule has 10 heteroatoms. The molecule has 182 valence electrons. The molecule has 1 amide bonds. The number of benzene rings is 2. The van der Waals surface area contributed by atoms with Crippen molar-refractivity contribution in [3.8, 4) is 0 Å². The number of nitrogens with zero attached hydrogens (tertiary/aromatic N) is 4. The summed E-state index contributed by atoms with van der Waals surface area (Å²) in [6.45, 7) is 3.56. The fourth-order valence-corrected chi connectivity index (χ4v) is 4.63. The highest BCUT2D eigenvalue weighted by Gasteiger charge is 2.23. The van der Waals surface area contributed by atoms with Crippen LogP contribution in [0.15, 0.2) is 54.9 Å². The zero-order chi connectivity index (χ0) is 24.6. The second-order valence-corrected chi connectivity index (χ2v) is 9.22. The maximum Gasteiger partial charge on any atom is 0.257 e. The number of aromatic amines is 2. The van der Waals surface area contributed by atoms with Gasteiger partial charge in [0, 0.05) is 36.4 Å². The van der Waals surface area contributed by atoms with E-state index in [-0.39, 0.29) is 11.9 Å². The van der Waals surface area contributed by atoms with Crippen molar-refractivity contribution >= 4 is 51.0 Å². The van der Waals surface area contributed by atoms with Crippen LogP contribution in [-0.2, 0) is 0 Å². The second kappa shape index (κ2) is 8.97. The predicted octanol–water partition coefficient (Wildman–Crippen LogP) is 4.07. The Bertz CT molecular complexity index is 1560. The number of nitrogens with one attached hydrogen (secondary N) is 4. The highest BCUT2D eigenvalue weighted by atomic mass is 16.1. The number of imidazole rings is 1. The van der Waals surface area contributed by atoms with Gasteiger partial charge in [0.1, 0.15) is 5.82 Å². The summed E-state index contributed by atoms with van der Waals surface area (Å²) in [6.07, 6.45) is 5.24. The zero-order valence-corrected chi connectivity index (χ0v) is 19.9. The smallest absolute Gasteiger partial charge is 0.257 e. The molecule has 0 radical (unpaired) electrons. The van der Waals surface area contributed by atoms with Gasteiger partial charge >= 0.3 is 0 Å². The molecule has 0 spiro atoms. The Balaban J connectivity index is 1.36. The fourth-order valence-electron chi connectivity index (χ4n) is 4.63. The number of pyridine rings is 1. The number of carbonyl (C=O) groups is 1. The van der Waals surface area contributed by atoms with Crippen LogP contribution >= 0.6 is 0 Å². The predicted molar refractivity (Wildman–Crippen MR) is 142 cm³/mol. The van der Waals surface area contributed by atoms with E-state index in [4.69, 9.17) is 10.7 Å². The van der Waals surface area contributed by atoms with Crippen LogP contribution in [0.2, 0.25) is 0 Å². The lowest BCUT2D eigenvalue weighted by Crippen LogP contribution is -2.40. The van der Waals surface area contributed by atoms with E-state index in [1.165, 1.54) is 0 Å². The van der Waals surface area contributed by atoms with Gasteiger partial charge < -0.3 is 26.3 Å². The van der Waals surface area contributed by atoms with Crippen molar-refractivity contribution in [2.45, 2.75) is 25.8 Å².